The summed E-state index contributed by atoms with van der Waals surface area (Å²) < 4.78 is 2.69. The molecule has 1 aromatic heterocycles. The second-order valence-corrected chi connectivity index (χ2v) is 4.22. The Morgan fingerprint density at radius 3 is 3.00 bits per heavy atom. The molecule has 0 aliphatic carbocycles. The zero-order chi connectivity index (χ0) is 10.1. The minimum atomic E-state index is -0.105. The standard InChI is InChI=1S/C9H9IN2O2/c10-6-1-2-8-7(5-6)9(14)11-12(8)3-4-13/h1-2,5,13H,3-4H2,(H,11,14). The third-order valence-corrected chi connectivity index (χ3v) is 2.73. The highest BCUT2D eigenvalue weighted by atomic mass is 127. The van der Waals surface area contributed by atoms with E-state index >= 15 is 0 Å². The maximum atomic E-state index is 11.5. The van der Waals surface area contributed by atoms with Crippen LogP contribution in [0.3, 0.4) is 0 Å². The van der Waals surface area contributed by atoms with E-state index in [-0.39, 0.29) is 12.2 Å². The lowest BCUT2D eigenvalue weighted by atomic mass is 10.2. The molecule has 4 nitrogen and oxygen atoms in total. The Kier molecular flexibility index (Phi) is 2.60. The van der Waals surface area contributed by atoms with Crippen LogP contribution in [0, 0.1) is 3.57 Å². The van der Waals surface area contributed by atoms with Crippen molar-refractivity contribution in [3.8, 4) is 0 Å². The second kappa shape index (κ2) is 3.74. The van der Waals surface area contributed by atoms with Gasteiger partial charge in [0.05, 0.1) is 24.1 Å². The maximum Gasteiger partial charge on any atom is 0.272 e. The summed E-state index contributed by atoms with van der Waals surface area (Å²) in [5.74, 6) is 0. The molecule has 0 aliphatic rings. The van der Waals surface area contributed by atoms with Gasteiger partial charge in [0.1, 0.15) is 0 Å². The first-order valence-electron chi connectivity index (χ1n) is 4.21. The smallest absolute Gasteiger partial charge is 0.272 e. The Hall–Kier alpha value is -0.820. The number of nitrogens with one attached hydrogen (secondary N) is 1. The van der Waals surface area contributed by atoms with Gasteiger partial charge in [0.25, 0.3) is 5.56 Å². The number of nitrogens with zero attached hydrogens (tertiary/aromatic N) is 1. The average Bonchev–Trinajstić information content (AvgIpc) is 2.44. The van der Waals surface area contributed by atoms with Gasteiger partial charge >= 0.3 is 0 Å². The first-order chi connectivity index (χ1) is 6.72. The van der Waals surface area contributed by atoms with Crippen LogP contribution >= 0.6 is 22.6 Å². The van der Waals surface area contributed by atoms with Gasteiger partial charge in [-0.25, -0.2) is 0 Å². The Bertz CT molecular complexity index is 515. The van der Waals surface area contributed by atoms with Gasteiger partial charge in [0.15, 0.2) is 0 Å². The molecule has 2 N–H and O–H groups in total. The maximum absolute atomic E-state index is 11.5. The summed E-state index contributed by atoms with van der Waals surface area (Å²) in [6.07, 6.45) is 0. The Labute approximate surface area is 93.7 Å². The van der Waals surface area contributed by atoms with Crippen molar-refractivity contribution in [1.82, 2.24) is 9.78 Å². The van der Waals surface area contributed by atoms with Gasteiger partial charge in [-0.15, -0.1) is 0 Å². The first-order valence-corrected chi connectivity index (χ1v) is 5.29. The SMILES string of the molecule is O=c1[nH]n(CCO)c2ccc(I)cc12. The molecule has 14 heavy (non-hydrogen) atoms. The van der Waals surface area contributed by atoms with Gasteiger partial charge in [-0.1, -0.05) is 0 Å². The zero-order valence-electron chi connectivity index (χ0n) is 7.33. The molecule has 0 amide bonds. The topological polar surface area (TPSA) is 58.0 Å². The third kappa shape index (κ3) is 1.57. The number of hydrogen-bond acceptors (Lipinski definition) is 2. The van der Waals surface area contributed by atoms with E-state index in [1.807, 2.05) is 18.2 Å². The van der Waals surface area contributed by atoms with E-state index in [0.717, 1.165) is 9.09 Å². The Morgan fingerprint density at radius 2 is 2.29 bits per heavy atom. The number of hydrogen-bond donors (Lipinski definition) is 2. The number of rotatable bonds is 2. The molecule has 0 spiro atoms. The fraction of sp³-hybridized carbons (Fsp3) is 0.222. The van der Waals surface area contributed by atoms with Crippen LogP contribution in [-0.2, 0) is 6.54 Å². The largest absolute Gasteiger partial charge is 0.394 e. The highest BCUT2D eigenvalue weighted by Gasteiger charge is 2.05. The van der Waals surface area contributed by atoms with Crippen molar-refractivity contribution in [3.63, 3.8) is 0 Å². The predicted molar refractivity (Wildman–Crippen MR) is 62.4 cm³/mol. The van der Waals surface area contributed by atoms with Crippen LogP contribution in [0.1, 0.15) is 0 Å². The summed E-state index contributed by atoms with van der Waals surface area (Å²) >= 11 is 2.16. The summed E-state index contributed by atoms with van der Waals surface area (Å²) in [5.41, 5.74) is 0.733. The zero-order valence-corrected chi connectivity index (χ0v) is 9.48. The van der Waals surface area contributed by atoms with Crippen molar-refractivity contribution in [2.75, 3.05) is 6.61 Å². The van der Waals surface area contributed by atoms with Gasteiger partial charge in [0, 0.05) is 3.57 Å². The molecular formula is C9H9IN2O2. The van der Waals surface area contributed by atoms with E-state index in [4.69, 9.17) is 5.11 Å². The lowest BCUT2D eigenvalue weighted by Crippen LogP contribution is -2.07. The molecule has 0 saturated heterocycles. The van der Waals surface area contributed by atoms with Gasteiger partial charge < -0.3 is 5.11 Å². The van der Waals surface area contributed by atoms with Crippen LogP contribution in [0.25, 0.3) is 10.9 Å². The van der Waals surface area contributed by atoms with Crippen LogP contribution in [0.2, 0.25) is 0 Å². The number of aliphatic hydroxyl groups excluding tert-OH is 1. The van der Waals surface area contributed by atoms with Crippen molar-refractivity contribution in [2.45, 2.75) is 6.54 Å². The average molecular weight is 304 g/mol. The van der Waals surface area contributed by atoms with Crippen molar-refractivity contribution in [3.05, 3.63) is 32.1 Å². The van der Waals surface area contributed by atoms with Gasteiger partial charge in [-0.05, 0) is 40.8 Å². The number of aromatic nitrogens is 2. The molecule has 0 fully saturated rings. The van der Waals surface area contributed by atoms with E-state index in [1.54, 1.807) is 4.68 Å². The molecule has 1 heterocycles. The van der Waals surface area contributed by atoms with Crippen molar-refractivity contribution in [1.29, 1.82) is 0 Å². The fourth-order valence-corrected chi connectivity index (χ4v) is 1.94. The lowest BCUT2D eigenvalue weighted by Gasteiger charge is -2.00. The fourth-order valence-electron chi connectivity index (χ4n) is 1.44. The number of H-pyrrole nitrogens is 1. The number of aromatic amines is 1. The van der Waals surface area contributed by atoms with Crippen LogP contribution in [0.4, 0.5) is 0 Å². The van der Waals surface area contributed by atoms with E-state index < -0.39 is 0 Å². The highest BCUT2D eigenvalue weighted by Crippen LogP contribution is 2.13. The monoisotopic (exact) mass is 304 g/mol. The van der Waals surface area contributed by atoms with Gasteiger partial charge in [-0.3, -0.25) is 14.6 Å². The number of fused-ring (bicyclic) bond motifs is 1. The molecule has 1 aromatic carbocycles. The van der Waals surface area contributed by atoms with E-state index in [1.165, 1.54) is 0 Å². The normalized spacial score (nSPS) is 11.0. The summed E-state index contributed by atoms with van der Waals surface area (Å²) in [7, 11) is 0. The summed E-state index contributed by atoms with van der Waals surface area (Å²) in [4.78, 5) is 11.5. The minimum Gasteiger partial charge on any atom is -0.394 e. The van der Waals surface area contributed by atoms with E-state index in [9.17, 15) is 4.79 Å². The molecular weight excluding hydrogens is 295 g/mol. The quantitative estimate of drug-likeness (QED) is 0.811. The molecule has 0 saturated carbocycles. The van der Waals surface area contributed by atoms with Gasteiger partial charge in [-0.2, -0.15) is 0 Å². The molecule has 5 heteroatoms. The molecule has 0 radical (unpaired) electrons. The van der Waals surface area contributed by atoms with Crippen LogP contribution < -0.4 is 5.56 Å². The van der Waals surface area contributed by atoms with Crippen LogP contribution in [0.15, 0.2) is 23.0 Å². The van der Waals surface area contributed by atoms with Crippen LogP contribution in [0.5, 0.6) is 0 Å². The Balaban J connectivity index is 2.71. The second-order valence-electron chi connectivity index (χ2n) is 2.98. The summed E-state index contributed by atoms with van der Waals surface area (Å²) in [6.45, 7) is 0.436. The molecule has 0 unspecified atom stereocenters. The Morgan fingerprint density at radius 1 is 1.50 bits per heavy atom. The molecule has 2 rings (SSSR count). The minimum absolute atomic E-state index is 0.0196. The van der Waals surface area contributed by atoms with Crippen LogP contribution in [-0.4, -0.2) is 21.5 Å². The highest BCUT2D eigenvalue weighted by molar-refractivity contribution is 14.1. The molecule has 0 bridgehead atoms. The van der Waals surface area contributed by atoms with Gasteiger partial charge in [0.2, 0.25) is 0 Å². The summed E-state index contributed by atoms with van der Waals surface area (Å²) in [6, 6.07) is 5.65. The molecule has 0 aliphatic heterocycles. The molecule has 74 valence electrons. The number of halogens is 1. The molecule has 0 atom stereocenters. The molecule has 2 aromatic rings. The van der Waals surface area contributed by atoms with E-state index in [0.29, 0.717) is 11.9 Å². The number of aliphatic hydroxyl groups is 1. The van der Waals surface area contributed by atoms with Crippen molar-refractivity contribution in [2.24, 2.45) is 0 Å². The predicted octanol–water partition coefficient (Wildman–Crippen LogP) is 0.926. The van der Waals surface area contributed by atoms with Crippen molar-refractivity contribution < 1.29 is 5.11 Å². The summed E-state index contributed by atoms with van der Waals surface area (Å²) in [5, 5.41) is 12.1. The van der Waals surface area contributed by atoms with E-state index in [2.05, 4.69) is 27.7 Å². The first kappa shape index (κ1) is 9.72. The third-order valence-electron chi connectivity index (χ3n) is 2.05. The lowest BCUT2D eigenvalue weighted by molar-refractivity contribution is 0.271. The number of benzene rings is 1. The van der Waals surface area contributed by atoms with Crippen molar-refractivity contribution >= 4 is 33.5 Å².